The number of nitrogens with one attached hydrogen (secondary N) is 1. The van der Waals surface area contributed by atoms with Crippen LogP contribution in [-0.2, 0) is 28.8 Å². The molecule has 0 saturated carbocycles. The third kappa shape index (κ3) is 5.24. The van der Waals surface area contributed by atoms with Crippen molar-refractivity contribution in [2.24, 2.45) is 0 Å². The van der Waals surface area contributed by atoms with Crippen molar-refractivity contribution in [2.75, 3.05) is 20.3 Å². The molecule has 0 aromatic heterocycles. The van der Waals surface area contributed by atoms with Crippen LogP contribution in [0.15, 0.2) is 36.4 Å². The predicted octanol–water partition coefficient (Wildman–Crippen LogP) is 4.11. The highest BCUT2D eigenvalue weighted by Gasteiger charge is 2.35. The van der Waals surface area contributed by atoms with E-state index in [9.17, 15) is 9.18 Å². The summed E-state index contributed by atoms with van der Waals surface area (Å²) in [5, 5.41) is 3.02. The molecular formula is C22H25ClFNO3. The molecule has 1 N–H and O–H groups in total. The maximum absolute atomic E-state index is 13.7. The Labute approximate surface area is 170 Å². The number of carbonyl (C=O) groups is 1. The van der Waals surface area contributed by atoms with Gasteiger partial charge in [-0.1, -0.05) is 29.8 Å². The second kappa shape index (κ2) is 8.93. The summed E-state index contributed by atoms with van der Waals surface area (Å²) in [6.07, 6.45) is 2.41. The summed E-state index contributed by atoms with van der Waals surface area (Å²) in [6, 6.07) is 10.7. The molecular weight excluding hydrogens is 381 g/mol. The van der Waals surface area contributed by atoms with Crippen molar-refractivity contribution in [1.29, 1.82) is 0 Å². The minimum absolute atomic E-state index is 0.00521. The molecule has 2 aromatic carbocycles. The van der Waals surface area contributed by atoms with E-state index in [-0.39, 0.29) is 10.9 Å². The number of halogens is 2. The first kappa shape index (κ1) is 20.6. The number of methoxy groups -OCH3 is 1. The van der Waals surface area contributed by atoms with Gasteiger partial charge in [0.15, 0.2) is 0 Å². The number of amides is 1. The van der Waals surface area contributed by atoms with E-state index in [4.69, 9.17) is 21.1 Å². The molecule has 0 saturated heterocycles. The summed E-state index contributed by atoms with van der Waals surface area (Å²) < 4.78 is 24.9. The smallest absolute Gasteiger partial charge is 0.224 e. The van der Waals surface area contributed by atoms with Crippen LogP contribution in [0.5, 0.6) is 5.75 Å². The summed E-state index contributed by atoms with van der Waals surface area (Å²) in [4.78, 5) is 12.1. The van der Waals surface area contributed by atoms with Gasteiger partial charge in [-0.2, -0.15) is 0 Å². The molecule has 1 unspecified atom stereocenters. The van der Waals surface area contributed by atoms with E-state index in [1.807, 2.05) is 31.2 Å². The second-order valence-corrected chi connectivity index (χ2v) is 7.88. The number of hydrogen-bond acceptors (Lipinski definition) is 3. The van der Waals surface area contributed by atoms with Crippen molar-refractivity contribution in [3.05, 3.63) is 63.9 Å². The molecule has 0 aliphatic carbocycles. The number of fused-ring (bicyclic) bond motifs is 1. The Morgan fingerprint density at radius 3 is 2.82 bits per heavy atom. The summed E-state index contributed by atoms with van der Waals surface area (Å²) in [7, 11) is 1.64. The quantitative estimate of drug-likeness (QED) is 0.672. The zero-order chi connectivity index (χ0) is 20.1. The molecule has 6 heteroatoms. The Hall–Kier alpha value is -2.11. The molecule has 0 spiro atoms. The SMILES string of the molecule is COCCCNC(=O)Cc1ccc2c(c1)CC(C)(Cc1ccc(Cl)c(F)c1)O2. The fourth-order valence-corrected chi connectivity index (χ4v) is 3.67. The molecule has 2 aromatic rings. The molecule has 1 aliphatic rings. The fraction of sp³-hybridized carbons (Fsp3) is 0.409. The lowest BCUT2D eigenvalue weighted by Gasteiger charge is -2.24. The normalized spacial score (nSPS) is 17.9. The Morgan fingerprint density at radius 2 is 2.07 bits per heavy atom. The molecule has 1 aliphatic heterocycles. The number of hydrogen-bond donors (Lipinski definition) is 1. The molecule has 1 amide bonds. The van der Waals surface area contributed by atoms with E-state index in [1.54, 1.807) is 13.2 Å². The lowest BCUT2D eigenvalue weighted by Crippen LogP contribution is -2.32. The fourth-order valence-electron chi connectivity index (χ4n) is 3.56. The van der Waals surface area contributed by atoms with Gasteiger partial charge in [0, 0.05) is 33.1 Å². The number of ether oxygens (including phenoxy) is 2. The Balaban J connectivity index is 1.61. The van der Waals surface area contributed by atoms with Gasteiger partial charge in [0.05, 0.1) is 11.4 Å². The van der Waals surface area contributed by atoms with Gasteiger partial charge in [-0.25, -0.2) is 4.39 Å². The van der Waals surface area contributed by atoms with Gasteiger partial charge in [0.1, 0.15) is 17.2 Å². The number of carbonyl (C=O) groups excluding carboxylic acids is 1. The van der Waals surface area contributed by atoms with Gasteiger partial charge < -0.3 is 14.8 Å². The third-order valence-corrected chi connectivity index (χ3v) is 5.13. The second-order valence-electron chi connectivity index (χ2n) is 7.47. The first-order valence-electron chi connectivity index (χ1n) is 9.39. The van der Waals surface area contributed by atoms with Crippen LogP contribution >= 0.6 is 11.6 Å². The van der Waals surface area contributed by atoms with Gasteiger partial charge in [0.2, 0.25) is 5.91 Å². The highest BCUT2D eigenvalue weighted by molar-refractivity contribution is 6.30. The van der Waals surface area contributed by atoms with Gasteiger partial charge in [-0.15, -0.1) is 0 Å². The zero-order valence-electron chi connectivity index (χ0n) is 16.2. The molecule has 4 nitrogen and oxygen atoms in total. The highest BCUT2D eigenvalue weighted by atomic mass is 35.5. The molecule has 0 bridgehead atoms. The van der Waals surface area contributed by atoms with Crippen LogP contribution in [0.2, 0.25) is 5.02 Å². The largest absolute Gasteiger partial charge is 0.487 e. The van der Waals surface area contributed by atoms with E-state index in [1.165, 1.54) is 6.07 Å². The van der Waals surface area contributed by atoms with Crippen LogP contribution in [0.4, 0.5) is 4.39 Å². The number of benzene rings is 2. The maximum atomic E-state index is 13.7. The summed E-state index contributed by atoms with van der Waals surface area (Å²) in [5.41, 5.74) is 2.41. The third-order valence-electron chi connectivity index (χ3n) is 4.82. The van der Waals surface area contributed by atoms with Gasteiger partial charge >= 0.3 is 0 Å². The zero-order valence-corrected chi connectivity index (χ0v) is 16.9. The first-order chi connectivity index (χ1) is 13.4. The molecule has 1 heterocycles. The topological polar surface area (TPSA) is 47.6 Å². The van der Waals surface area contributed by atoms with E-state index < -0.39 is 11.4 Å². The Kier molecular flexibility index (Phi) is 6.57. The minimum atomic E-state index is -0.455. The average Bonchev–Trinajstić information content (AvgIpc) is 2.97. The highest BCUT2D eigenvalue weighted by Crippen LogP contribution is 2.37. The van der Waals surface area contributed by atoms with Crippen LogP contribution in [-0.4, -0.2) is 31.8 Å². The maximum Gasteiger partial charge on any atom is 0.224 e. The summed E-state index contributed by atoms with van der Waals surface area (Å²) in [5.74, 6) is 0.396. The minimum Gasteiger partial charge on any atom is -0.487 e. The van der Waals surface area contributed by atoms with Crippen molar-refractivity contribution >= 4 is 17.5 Å². The Morgan fingerprint density at radius 1 is 1.29 bits per heavy atom. The summed E-state index contributed by atoms with van der Waals surface area (Å²) >= 11 is 5.77. The monoisotopic (exact) mass is 405 g/mol. The van der Waals surface area contributed by atoms with Crippen molar-refractivity contribution < 1.29 is 18.7 Å². The van der Waals surface area contributed by atoms with Crippen LogP contribution in [0, 0.1) is 5.82 Å². The van der Waals surface area contributed by atoms with Crippen LogP contribution in [0.3, 0.4) is 0 Å². The predicted molar refractivity (Wildman–Crippen MR) is 107 cm³/mol. The molecule has 3 rings (SSSR count). The van der Waals surface area contributed by atoms with Crippen molar-refractivity contribution in [3.63, 3.8) is 0 Å². The lowest BCUT2D eigenvalue weighted by molar-refractivity contribution is -0.120. The van der Waals surface area contributed by atoms with Gasteiger partial charge in [0.25, 0.3) is 0 Å². The number of rotatable bonds is 8. The van der Waals surface area contributed by atoms with E-state index in [2.05, 4.69) is 5.32 Å². The molecule has 0 fully saturated rings. The first-order valence-corrected chi connectivity index (χ1v) is 9.77. The van der Waals surface area contributed by atoms with E-state index in [0.29, 0.717) is 32.4 Å². The average molecular weight is 406 g/mol. The molecule has 1 atom stereocenters. The molecule has 28 heavy (non-hydrogen) atoms. The summed E-state index contributed by atoms with van der Waals surface area (Å²) in [6.45, 7) is 3.25. The Bertz CT molecular complexity index is 858. The van der Waals surface area contributed by atoms with Gasteiger partial charge in [-0.05, 0) is 48.2 Å². The molecule has 150 valence electrons. The van der Waals surface area contributed by atoms with E-state index in [0.717, 1.165) is 28.9 Å². The molecule has 0 radical (unpaired) electrons. The lowest BCUT2D eigenvalue weighted by atomic mass is 9.91. The van der Waals surface area contributed by atoms with Crippen LogP contribution < -0.4 is 10.1 Å². The van der Waals surface area contributed by atoms with Crippen molar-refractivity contribution in [1.82, 2.24) is 5.32 Å². The van der Waals surface area contributed by atoms with E-state index >= 15 is 0 Å². The van der Waals surface area contributed by atoms with Crippen molar-refractivity contribution in [3.8, 4) is 5.75 Å². The van der Waals surface area contributed by atoms with Crippen molar-refractivity contribution in [2.45, 2.75) is 38.2 Å². The van der Waals surface area contributed by atoms with Crippen LogP contribution in [0.1, 0.15) is 30.0 Å². The standard InChI is InChI=1S/C22H25ClFNO3/c1-22(13-16-4-6-18(23)19(24)11-16)14-17-10-15(5-7-20(17)28-22)12-21(26)25-8-3-9-27-2/h4-7,10-11H,3,8-9,12-14H2,1-2H3,(H,25,26). The van der Waals surface area contributed by atoms with Crippen LogP contribution in [0.25, 0.3) is 0 Å². The van der Waals surface area contributed by atoms with Gasteiger partial charge in [-0.3, -0.25) is 4.79 Å².